The van der Waals surface area contributed by atoms with E-state index in [0.29, 0.717) is 33.5 Å². The van der Waals surface area contributed by atoms with Gasteiger partial charge in [-0.15, -0.1) is 0 Å². The normalized spacial score (nSPS) is 16.4. The van der Waals surface area contributed by atoms with Gasteiger partial charge >= 0.3 is 5.91 Å². The summed E-state index contributed by atoms with van der Waals surface area (Å²) in [6, 6.07) is 26.4. The number of aryl methyl sites for hydroxylation is 2. The molecule has 1 fully saturated rings. The highest BCUT2D eigenvalue weighted by Crippen LogP contribution is 2.45. The van der Waals surface area contributed by atoms with Crippen LogP contribution in [-0.4, -0.2) is 28.9 Å². The molecule has 1 saturated heterocycles. The summed E-state index contributed by atoms with van der Waals surface area (Å²) < 4.78 is 12.3. The number of methoxy groups -OCH3 is 1. The van der Waals surface area contributed by atoms with Gasteiger partial charge in [-0.25, -0.2) is 4.98 Å². The molecule has 1 atom stereocenters. The molecule has 1 aliphatic heterocycles. The molecule has 0 spiro atoms. The Morgan fingerprint density at radius 3 is 2.39 bits per heavy atom. The fraction of sp³-hybridized carbons (Fsp3) is 0.121. The number of ketones is 1. The van der Waals surface area contributed by atoms with Crippen LogP contribution in [0.2, 0.25) is 0 Å². The second-order valence-electron chi connectivity index (χ2n) is 9.81. The van der Waals surface area contributed by atoms with E-state index in [-0.39, 0.29) is 11.3 Å². The molecule has 7 nitrogen and oxygen atoms in total. The monoisotopic (exact) mass is 562 g/mol. The van der Waals surface area contributed by atoms with Gasteiger partial charge in [-0.2, -0.15) is 0 Å². The number of benzene rings is 4. The maximum absolute atomic E-state index is 13.7. The lowest BCUT2D eigenvalue weighted by molar-refractivity contribution is -0.132. The van der Waals surface area contributed by atoms with Crippen LogP contribution in [0.15, 0.2) is 96.6 Å². The minimum Gasteiger partial charge on any atom is -0.507 e. The van der Waals surface area contributed by atoms with Crippen LogP contribution in [0.25, 0.3) is 16.0 Å². The number of hydrogen-bond acceptors (Lipinski definition) is 7. The molecule has 1 aromatic heterocycles. The predicted octanol–water partition coefficient (Wildman–Crippen LogP) is 7.34. The number of aromatic nitrogens is 1. The highest BCUT2D eigenvalue weighted by molar-refractivity contribution is 7.22. The van der Waals surface area contributed by atoms with E-state index < -0.39 is 17.7 Å². The molecule has 2 heterocycles. The molecular weight excluding hydrogens is 536 g/mol. The van der Waals surface area contributed by atoms with Crippen molar-refractivity contribution in [1.29, 1.82) is 0 Å². The van der Waals surface area contributed by atoms with Crippen molar-refractivity contribution < 1.29 is 24.2 Å². The van der Waals surface area contributed by atoms with Crippen molar-refractivity contribution >= 4 is 44.1 Å². The first-order valence-corrected chi connectivity index (χ1v) is 13.8. The van der Waals surface area contributed by atoms with Crippen molar-refractivity contribution in [3.05, 3.63) is 119 Å². The second kappa shape index (κ2) is 10.6. The molecule has 0 bridgehead atoms. The molecule has 0 saturated carbocycles. The number of carbonyl (C=O) groups excluding carboxylic acids is 2. The summed E-state index contributed by atoms with van der Waals surface area (Å²) >= 11 is 1.34. The molecule has 1 aliphatic rings. The number of aliphatic hydroxyl groups is 1. The lowest BCUT2D eigenvalue weighted by atomic mass is 9.95. The van der Waals surface area contributed by atoms with Gasteiger partial charge in [-0.1, -0.05) is 59.9 Å². The number of anilines is 1. The largest absolute Gasteiger partial charge is 0.507 e. The number of hydrogen-bond donors (Lipinski definition) is 1. The van der Waals surface area contributed by atoms with Gasteiger partial charge in [0, 0.05) is 5.56 Å². The van der Waals surface area contributed by atoms with Crippen LogP contribution in [-0.2, 0) is 9.59 Å². The molecule has 0 aliphatic carbocycles. The smallest absolute Gasteiger partial charge is 0.301 e. The average Bonchev–Trinajstić information content (AvgIpc) is 3.51. The maximum atomic E-state index is 13.7. The van der Waals surface area contributed by atoms with Crippen molar-refractivity contribution in [3.8, 4) is 17.2 Å². The maximum Gasteiger partial charge on any atom is 0.301 e. The van der Waals surface area contributed by atoms with Gasteiger partial charge in [0.1, 0.15) is 23.0 Å². The number of amides is 1. The van der Waals surface area contributed by atoms with E-state index in [1.807, 2.05) is 62.4 Å². The zero-order chi connectivity index (χ0) is 28.7. The van der Waals surface area contributed by atoms with Crippen LogP contribution < -0.4 is 14.4 Å². The third-order valence-electron chi connectivity index (χ3n) is 6.96. The summed E-state index contributed by atoms with van der Waals surface area (Å²) in [4.78, 5) is 33.5. The summed E-state index contributed by atoms with van der Waals surface area (Å²) in [6.07, 6.45) is 0. The van der Waals surface area contributed by atoms with Crippen LogP contribution in [0.1, 0.15) is 28.3 Å². The Morgan fingerprint density at radius 1 is 0.878 bits per heavy atom. The van der Waals surface area contributed by atoms with Gasteiger partial charge in [0.25, 0.3) is 5.78 Å². The van der Waals surface area contributed by atoms with Crippen molar-refractivity contribution in [1.82, 2.24) is 4.98 Å². The second-order valence-corrected chi connectivity index (χ2v) is 10.8. The topological polar surface area (TPSA) is 89.0 Å². The molecule has 4 aromatic carbocycles. The Bertz CT molecular complexity index is 1840. The lowest BCUT2D eigenvalue weighted by Gasteiger charge is -2.23. The van der Waals surface area contributed by atoms with Crippen LogP contribution in [0.4, 0.5) is 5.13 Å². The van der Waals surface area contributed by atoms with Crippen molar-refractivity contribution in [2.24, 2.45) is 0 Å². The van der Waals surface area contributed by atoms with E-state index in [1.165, 1.54) is 23.3 Å². The molecule has 0 radical (unpaired) electrons. The summed E-state index contributed by atoms with van der Waals surface area (Å²) in [7, 11) is 1.52. The Kier molecular flexibility index (Phi) is 6.77. The molecular formula is C33H26N2O5S. The number of ether oxygens (including phenoxy) is 2. The summed E-state index contributed by atoms with van der Waals surface area (Å²) in [5, 5.41) is 11.9. The van der Waals surface area contributed by atoms with Crippen molar-refractivity contribution in [3.63, 3.8) is 0 Å². The summed E-state index contributed by atoms with van der Waals surface area (Å²) in [5.74, 6) is -0.171. The average molecular weight is 563 g/mol. The fourth-order valence-electron chi connectivity index (χ4n) is 5.11. The minimum atomic E-state index is -0.942. The van der Waals surface area contributed by atoms with Gasteiger partial charge in [0.2, 0.25) is 0 Å². The molecule has 1 unspecified atom stereocenters. The van der Waals surface area contributed by atoms with Crippen LogP contribution in [0.3, 0.4) is 0 Å². The predicted molar refractivity (Wildman–Crippen MR) is 160 cm³/mol. The van der Waals surface area contributed by atoms with Crippen LogP contribution in [0, 0.1) is 13.8 Å². The number of fused-ring (bicyclic) bond motifs is 1. The third-order valence-corrected chi connectivity index (χ3v) is 7.97. The van der Waals surface area contributed by atoms with Crippen LogP contribution in [0.5, 0.6) is 17.2 Å². The summed E-state index contributed by atoms with van der Waals surface area (Å²) in [5.41, 5.74) is 3.74. The van der Waals surface area contributed by atoms with Gasteiger partial charge in [0.05, 0.1) is 28.9 Å². The minimum absolute atomic E-state index is 0.0349. The Balaban J connectivity index is 1.54. The highest BCUT2D eigenvalue weighted by atomic mass is 32.1. The van der Waals surface area contributed by atoms with Gasteiger partial charge in [0.15, 0.2) is 5.13 Å². The fourth-order valence-corrected chi connectivity index (χ4v) is 6.27. The molecule has 8 heteroatoms. The number of Topliss-reactive ketones (excluding diaryl/α,β-unsaturated/α-hetero) is 1. The van der Waals surface area contributed by atoms with Gasteiger partial charge in [-0.05, 0) is 73.0 Å². The molecule has 41 heavy (non-hydrogen) atoms. The van der Waals surface area contributed by atoms with E-state index in [1.54, 1.807) is 42.5 Å². The van der Waals surface area contributed by atoms with E-state index in [2.05, 4.69) is 0 Å². The van der Waals surface area contributed by atoms with Crippen LogP contribution >= 0.6 is 11.3 Å². The molecule has 6 rings (SSSR count). The first-order chi connectivity index (χ1) is 19.8. The zero-order valence-electron chi connectivity index (χ0n) is 22.6. The zero-order valence-corrected chi connectivity index (χ0v) is 23.4. The van der Waals surface area contributed by atoms with E-state index in [9.17, 15) is 14.7 Å². The number of nitrogens with zero attached hydrogens (tertiary/aromatic N) is 2. The Morgan fingerprint density at radius 2 is 1.61 bits per heavy atom. The number of rotatable bonds is 6. The standard InChI is InChI=1S/C33H26N2O5S/c1-19-15-20(2)28-26(16-19)41-33(34-28)35-29(21-9-7-14-25(17-21)40-23-11-5-4-6-12-23)27(31(37)32(35)38)30(36)22-10-8-13-24(18-22)39-3/h4-18,29,36H,1-3H3/b30-27+. The highest BCUT2D eigenvalue weighted by Gasteiger charge is 2.48. The Labute approximate surface area is 240 Å². The van der Waals surface area contributed by atoms with E-state index >= 15 is 0 Å². The number of aliphatic hydroxyl groups excluding tert-OH is 1. The first kappa shape index (κ1) is 26.3. The van der Waals surface area contributed by atoms with Crippen molar-refractivity contribution in [2.75, 3.05) is 12.0 Å². The quantitative estimate of drug-likeness (QED) is 0.132. The lowest BCUT2D eigenvalue weighted by Crippen LogP contribution is -2.29. The SMILES string of the molecule is COc1cccc(/C(O)=C2\C(=O)C(=O)N(c3nc4c(C)cc(C)cc4s3)C2c2cccc(Oc3ccccc3)c2)c1. The van der Waals surface area contributed by atoms with Crippen molar-refractivity contribution in [2.45, 2.75) is 19.9 Å². The number of carbonyl (C=O) groups is 2. The third kappa shape index (κ3) is 4.83. The summed E-state index contributed by atoms with van der Waals surface area (Å²) in [6.45, 7) is 3.97. The van der Waals surface area contributed by atoms with E-state index in [4.69, 9.17) is 14.5 Å². The molecule has 5 aromatic rings. The van der Waals surface area contributed by atoms with Gasteiger partial charge < -0.3 is 14.6 Å². The van der Waals surface area contributed by atoms with E-state index in [0.717, 1.165) is 21.3 Å². The Hall–Kier alpha value is -4.95. The van der Waals surface area contributed by atoms with Gasteiger partial charge in [-0.3, -0.25) is 14.5 Å². The molecule has 204 valence electrons. The molecule has 1 amide bonds. The number of thiazole rings is 1. The molecule has 1 N–H and O–H groups in total. The number of para-hydroxylation sites is 1. The first-order valence-electron chi connectivity index (χ1n) is 13.0.